The molecule has 0 aliphatic carbocycles. The molecule has 0 bridgehead atoms. The molecule has 2 aromatic carbocycles. The molecule has 4 N–H and O–H groups in total. The Morgan fingerprint density at radius 3 is 2.62 bits per heavy atom. The van der Waals surface area contributed by atoms with E-state index in [-0.39, 0.29) is 5.91 Å². The molecule has 0 fully saturated rings. The smallest absolute Gasteiger partial charge is 0.267 e. The topological polar surface area (TPSA) is 83.4 Å². The van der Waals surface area contributed by atoms with E-state index in [9.17, 15) is 4.79 Å². The summed E-state index contributed by atoms with van der Waals surface area (Å²) in [6, 6.07) is 16.0. The molecule has 6 heteroatoms. The maximum Gasteiger partial charge on any atom is 0.267 e. The number of carbonyl (C=O) groups is 1. The number of nitrogens with zero attached hydrogens (tertiary/aromatic N) is 1. The van der Waals surface area contributed by atoms with Crippen molar-refractivity contribution in [3.8, 4) is 5.75 Å². The van der Waals surface area contributed by atoms with Crippen molar-refractivity contribution in [1.29, 1.82) is 0 Å². The molecule has 0 radical (unpaired) electrons. The van der Waals surface area contributed by atoms with Crippen LogP contribution in [0.4, 0.5) is 0 Å². The van der Waals surface area contributed by atoms with Crippen LogP contribution in [-0.2, 0) is 13.0 Å². The van der Waals surface area contributed by atoms with Crippen LogP contribution in [0.1, 0.15) is 28.0 Å². The normalized spacial score (nSPS) is 11.2. The minimum atomic E-state index is -0.100. The fourth-order valence-corrected chi connectivity index (χ4v) is 3.39. The second-order valence-corrected chi connectivity index (χ2v) is 7.29. The van der Waals surface area contributed by atoms with Crippen LogP contribution in [0.5, 0.6) is 5.75 Å². The molecule has 1 amide bonds. The van der Waals surface area contributed by atoms with E-state index in [2.05, 4.69) is 46.5 Å². The predicted octanol–water partition coefficient (Wildman–Crippen LogP) is 2.93. The van der Waals surface area contributed by atoms with E-state index < -0.39 is 0 Å². The number of amides is 1. The number of aromatic amines is 1. The van der Waals surface area contributed by atoms with Gasteiger partial charge in [0.2, 0.25) is 0 Å². The molecule has 0 spiro atoms. The van der Waals surface area contributed by atoms with E-state index in [1.54, 1.807) is 7.11 Å². The van der Waals surface area contributed by atoms with Crippen molar-refractivity contribution >= 4 is 16.8 Å². The van der Waals surface area contributed by atoms with Gasteiger partial charge in [-0.3, -0.25) is 4.79 Å². The van der Waals surface area contributed by atoms with Crippen molar-refractivity contribution in [2.45, 2.75) is 19.4 Å². The molecule has 0 unspecified atom stereocenters. The van der Waals surface area contributed by atoms with Crippen LogP contribution in [0, 0.1) is 0 Å². The van der Waals surface area contributed by atoms with E-state index in [4.69, 9.17) is 10.5 Å². The number of methoxy groups -OCH3 is 1. The summed E-state index contributed by atoms with van der Waals surface area (Å²) in [5, 5.41) is 3.90. The van der Waals surface area contributed by atoms with Crippen LogP contribution in [0.3, 0.4) is 0 Å². The van der Waals surface area contributed by atoms with Crippen molar-refractivity contribution in [1.82, 2.24) is 15.2 Å². The van der Waals surface area contributed by atoms with E-state index in [1.165, 1.54) is 5.56 Å². The molecule has 1 heterocycles. The highest BCUT2D eigenvalue weighted by atomic mass is 16.5. The summed E-state index contributed by atoms with van der Waals surface area (Å²) in [4.78, 5) is 17.8. The van der Waals surface area contributed by atoms with Crippen LogP contribution in [0.2, 0.25) is 0 Å². The number of ether oxygens (including phenoxy) is 1. The molecule has 0 aliphatic rings. The summed E-state index contributed by atoms with van der Waals surface area (Å²) in [6.45, 7) is 2.98. The summed E-state index contributed by atoms with van der Waals surface area (Å²) >= 11 is 0. The van der Waals surface area contributed by atoms with Crippen molar-refractivity contribution in [3.05, 3.63) is 65.4 Å². The average Bonchev–Trinajstić information content (AvgIpc) is 3.19. The highest BCUT2D eigenvalue weighted by Gasteiger charge is 2.11. The number of nitrogens with one attached hydrogen (secondary N) is 2. The van der Waals surface area contributed by atoms with Gasteiger partial charge in [-0.1, -0.05) is 30.3 Å². The first-order chi connectivity index (χ1) is 14.1. The van der Waals surface area contributed by atoms with Crippen molar-refractivity contribution in [3.63, 3.8) is 0 Å². The van der Waals surface area contributed by atoms with Gasteiger partial charge in [-0.05, 0) is 55.8 Å². The van der Waals surface area contributed by atoms with Gasteiger partial charge in [0.1, 0.15) is 11.4 Å². The molecule has 3 aromatic rings. The van der Waals surface area contributed by atoms with Crippen LogP contribution in [0.25, 0.3) is 10.9 Å². The number of rotatable bonds is 10. The Hall–Kier alpha value is -2.83. The molecule has 0 aliphatic heterocycles. The minimum absolute atomic E-state index is 0.100. The maximum absolute atomic E-state index is 12.4. The third kappa shape index (κ3) is 5.59. The zero-order valence-corrected chi connectivity index (χ0v) is 17.2. The number of benzene rings is 2. The quantitative estimate of drug-likeness (QED) is 0.494. The van der Waals surface area contributed by atoms with Crippen LogP contribution in [0.15, 0.2) is 48.5 Å². The highest BCUT2D eigenvalue weighted by Crippen LogP contribution is 2.25. The fourth-order valence-electron chi connectivity index (χ4n) is 3.39. The number of hydrogen-bond acceptors (Lipinski definition) is 4. The monoisotopic (exact) mass is 394 g/mol. The zero-order valence-electron chi connectivity index (χ0n) is 17.2. The number of likely N-dealkylation sites (N-methyl/N-ethyl adjacent to an activating group) is 1. The molecular weight excluding hydrogens is 364 g/mol. The number of fused-ring (bicyclic) bond motifs is 1. The molecule has 1 aromatic heterocycles. The molecule has 6 nitrogen and oxygen atoms in total. The maximum atomic E-state index is 12.4. The predicted molar refractivity (Wildman–Crippen MR) is 117 cm³/mol. The Labute approximate surface area is 172 Å². The number of aryl methyl sites for hydroxylation is 1. The van der Waals surface area contributed by atoms with Gasteiger partial charge in [0.25, 0.3) is 5.91 Å². The van der Waals surface area contributed by atoms with E-state index in [1.807, 2.05) is 24.3 Å². The van der Waals surface area contributed by atoms with Crippen molar-refractivity contribution < 1.29 is 9.53 Å². The molecule has 0 atom stereocenters. The Morgan fingerprint density at radius 2 is 1.90 bits per heavy atom. The summed E-state index contributed by atoms with van der Waals surface area (Å²) < 4.78 is 5.35. The van der Waals surface area contributed by atoms with Crippen molar-refractivity contribution in [2.24, 2.45) is 5.73 Å². The molecule has 0 saturated heterocycles. The van der Waals surface area contributed by atoms with Crippen molar-refractivity contribution in [2.75, 3.05) is 33.8 Å². The van der Waals surface area contributed by atoms with Gasteiger partial charge in [0.05, 0.1) is 7.11 Å². The van der Waals surface area contributed by atoms with Gasteiger partial charge in [0.15, 0.2) is 0 Å². The van der Waals surface area contributed by atoms with Crippen LogP contribution >= 0.6 is 0 Å². The standard InChI is InChI=1S/C23H30N4O2/c1-27(13-4-5-17-8-10-18(16-24)11-9-17)14-12-25-23(28)21-15-19-20(26-21)6-3-7-22(19)29-2/h3,6-11,15,26H,4-5,12-14,16,24H2,1-2H3,(H,25,28). The fraction of sp³-hybridized carbons (Fsp3) is 0.348. The minimum Gasteiger partial charge on any atom is -0.496 e. The SMILES string of the molecule is COc1cccc2[nH]c(C(=O)NCCN(C)CCCc3ccc(CN)cc3)cc12. The number of H-pyrrole nitrogens is 1. The van der Waals surface area contributed by atoms with Crippen LogP contribution in [-0.4, -0.2) is 49.6 Å². The Morgan fingerprint density at radius 1 is 1.14 bits per heavy atom. The molecule has 3 rings (SSSR count). The lowest BCUT2D eigenvalue weighted by molar-refractivity contribution is 0.0945. The third-order valence-corrected chi connectivity index (χ3v) is 5.13. The number of nitrogens with two attached hydrogens (primary N) is 1. The van der Waals surface area contributed by atoms with E-state index in [0.29, 0.717) is 18.8 Å². The first-order valence-electron chi connectivity index (χ1n) is 10.0. The molecular formula is C23H30N4O2. The van der Waals surface area contributed by atoms with Gasteiger partial charge >= 0.3 is 0 Å². The summed E-state index contributed by atoms with van der Waals surface area (Å²) in [6.07, 6.45) is 2.12. The number of hydrogen-bond donors (Lipinski definition) is 3. The zero-order chi connectivity index (χ0) is 20.6. The summed E-state index contributed by atoms with van der Waals surface area (Å²) in [5.74, 6) is 0.659. The molecule has 154 valence electrons. The van der Waals surface area contributed by atoms with Gasteiger partial charge < -0.3 is 25.7 Å². The highest BCUT2D eigenvalue weighted by molar-refractivity contribution is 5.99. The van der Waals surface area contributed by atoms with Gasteiger partial charge in [0, 0.05) is 30.5 Å². The Kier molecular flexibility index (Phi) is 7.27. The van der Waals surface area contributed by atoms with Crippen LogP contribution < -0.4 is 15.8 Å². The molecule has 29 heavy (non-hydrogen) atoms. The molecule has 0 saturated carbocycles. The van der Waals surface area contributed by atoms with Gasteiger partial charge in [-0.25, -0.2) is 0 Å². The second kappa shape index (κ2) is 10.1. The van der Waals surface area contributed by atoms with E-state index in [0.717, 1.165) is 48.1 Å². The summed E-state index contributed by atoms with van der Waals surface area (Å²) in [7, 11) is 3.71. The number of carbonyl (C=O) groups excluding carboxylic acids is 1. The first-order valence-corrected chi connectivity index (χ1v) is 10.0. The third-order valence-electron chi connectivity index (χ3n) is 5.13. The summed E-state index contributed by atoms with van der Waals surface area (Å²) in [5.41, 5.74) is 9.57. The second-order valence-electron chi connectivity index (χ2n) is 7.29. The lowest BCUT2D eigenvalue weighted by Gasteiger charge is -2.16. The lowest BCUT2D eigenvalue weighted by atomic mass is 10.1. The lowest BCUT2D eigenvalue weighted by Crippen LogP contribution is -2.33. The van der Waals surface area contributed by atoms with E-state index >= 15 is 0 Å². The van der Waals surface area contributed by atoms with Gasteiger partial charge in [-0.2, -0.15) is 0 Å². The first kappa shape index (κ1) is 20.9. The Bertz CT molecular complexity index is 934. The number of aromatic nitrogens is 1. The Balaban J connectivity index is 1.40. The largest absolute Gasteiger partial charge is 0.496 e. The average molecular weight is 395 g/mol. The van der Waals surface area contributed by atoms with Gasteiger partial charge in [-0.15, -0.1) is 0 Å².